The highest BCUT2D eigenvalue weighted by Crippen LogP contribution is 2.27. The summed E-state index contributed by atoms with van der Waals surface area (Å²) >= 11 is 0. The molecule has 9 heteroatoms. The molecule has 4 rings (SSSR count). The molecule has 0 aliphatic rings. The van der Waals surface area contributed by atoms with E-state index in [1.54, 1.807) is 29.8 Å². The quantitative estimate of drug-likeness (QED) is 0.386. The molecule has 1 atom stereocenters. The third kappa shape index (κ3) is 4.93. The van der Waals surface area contributed by atoms with E-state index in [0.717, 1.165) is 22.2 Å². The molecule has 9 nitrogen and oxygen atoms in total. The Morgan fingerprint density at radius 1 is 1.15 bits per heavy atom. The number of rotatable bonds is 8. The summed E-state index contributed by atoms with van der Waals surface area (Å²) in [6.45, 7) is 5.58. The molecule has 1 amide bonds. The van der Waals surface area contributed by atoms with Gasteiger partial charge >= 0.3 is 5.97 Å². The van der Waals surface area contributed by atoms with Gasteiger partial charge in [0.1, 0.15) is 29.7 Å². The number of pyridine rings is 1. The van der Waals surface area contributed by atoms with Gasteiger partial charge in [-0.05, 0) is 56.7 Å². The summed E-state index contributed by atoms with van der Waals surface area (Å²) in [5, 5.41) is 17.1. The summed E-state index contributed by atoms with van der Waals surface area (Å²) in [4.78, 5) is 30.1. The molecule has 176 valence electrons. The van der Waals surface area contributed by atoms with Gasteiger partial charge in [-0.25, -0.2) is 9.78 Å². The number of esters is 1. The Kier molecular flexibility index (Phi) is 6.62. The maximum absolute atomic E-state index is 12.9. The van der Waals surface area contributed by atoms with Crippen molar-refractivity contribution in [2.45, 2.75) is 39.8 Å². The fraction of sp³-hybridized carbons (Fsp3) is 0.280. The number of phenolic OH excluding ortho intramolecular Hbond substituents is 1. The molecule has 0 fully saturated rings. The van der Waals surface area contributed by atoms with Gasteiger partial charge in [0.25, 0.3) is 0 Å². The number of phenols is 1. The van der Waals surface area contributed by atoms with Crippen molar-refractivity contribution in [2.75, 3.05) is 6.61 Å². The van der Waals surface area contributed by atoms with Gasteiger partial charge in [-0.15, -0.1) is 0 Å². The summed E-state index contributed by atoms with van der Waals surface area (Å²) < 4.78 is 12.1. The molecule has 0 radical (unpaired) electrons. The number of ether oxygens (including phenoxy) is 1. The molecular weight excluding hydrogens is 436 g/mol. The fourth-order valence-electron chi connectivity index (χ4n) is 3.87. The largest absolute Gasteiger partial charge is 0.508 e. The van der Waals surface area contributed by atoms with Gasteiger partial charge in [-0.2, -0.15) is 0 Å². The van der Waals surface area contributed by atoms with Crippen molar-refractivity contribution in [1.82, 2.24) is 20.0 Å². The number of aromatic hydroxyl groups is 1. The highest BCUT2D eigenvalue weighted by Gasteiger charge is 2.23. The SMILES string of the molecule is CCOC(=O)[C@H](Cc1ccc(O)cc1)NC(=O)Cn1ccc2ccc(-c3c(C)noc3C)nc21. The molecule has 0 unspecified atom stereocenters. The monoisotopic (exact) mass is 462 g/mol. The first-order valence-corrected chi connectivity index (χ1v) is 11.0. The van der Waals surface area contributed by atoms with Gasteiger partial charge in [-0.1, -0.05) is 17.3 Å². The molecule has 1 aromatic carbocycles. The summed E-state index contributed by atoms with van der Waals surface area (Å²) in [7, 11) is 0. The van der Waals surface area contributed by atoms with Crippen LogP contribution >= 0.6 is 0 Å². The number of aryl methyl sites for hydroxylation is 2. The van der Waals surface area contributed by atoms with Gasteiger partial charge in [0.15, 0.2) is 0 Å². The van der Waals surface area contributed by atoms with Crippen LogP contribution in [-0.2, 0) is 27.3 Å². The maximum Gasteiger partial charge on any atom is 0.328 e. The van der Waals surface area contributed by atoms with Gasteiger partial charge < -0.3 is 24.3 Å². The standard InChI is InChI=1S/C25H26N4O5/c1-4-33-25(32)21(13-17-5-8-19(30)9-6-17)26-22(31)14-29-12-11-18-7-10-20(27-24(18)29)23-15(2)28-34-16(23)3/h5-12,21,30H,4,13-14H2,1-3H3,(H,26,31)/t21-/m0/s1. The number of nitrogens with one attached hydrogen (secondary N) is 1. The average Bonchev–Trinajstić information content (AvgIpc) is 3.36. The van der Waals surface area contributed by atoms with Crippen molar-refractivity contribution < 1.29 is 24.0 Å². The second-order valence-corrected chi connectivity index (χ2v) is 7.99. The van der Waals surface area contributed by atoms with Crippen LogP contribution in [0.2, 0.25) is 0 Å². The minimum atomic E-state index is -0.857. The van der Waals surface area contributed by atoms with E-state index in [4.69, 9.17) is 14.2 Å². The predicted octanol–water partition coefficient (Wildman–Crippen LogP) is 3.30. The molecule has 0 bridgehead atoms. The summed E-state index contributed by atoms with van der Waals surface area (Å²) in [5.41, 5.74) is 3.70. The zero-order chi connectivity index (χ0) is 24.2. The van der Waals surface area contributed by atoms with Crippen LogP contribution in [0.5, 0.6) is 5.75 Å². The van der Waals surface area contributed by atoms with E-state index in [1.807, 2.05) is 32.0 Å². The van der Waals surface area contributed by atoms with Crippen molar-refractivity contribution in [3.8, 4) is 17.0 Å². The van der Waals surface area contributed by atoms with Crippen LogP contribution in [0.4, 0.5) is 0 Å². The lowest BCUT2D eigenvalue weighted by Gasteiger charge is -2.18. The summed E-state index contributed by atoms with van der Waals surface area (Å²) in [5.74, 6) is -0.0610. The summed E-state index contributed by atoms with van der Waals surface area (Å²) in [6.07, 6.45) is 2.03. The highest BCUT2D eigenvalue weighted by atomic mass is 16.5. The van der Waals surface area contributed by atoms with Crippen molar-refractivity contribution in [2.24, 2.45) is 0 Å². The van der Waals surface area contributed by atoms with Crippen LogP contribution in [0.15, 0.2) is 53.2 Å². The molecule has 2 N–H and O–H groups in total. The van der Waals surface area contributed by atoms with E-state index >= 15 is 0 Å². The Bertz CT molecular complexity index is 1300. The van der Waals surface area contributed by atoms with E-state index in [2.05, 4.69) is 10.5 Å². The van der Waals surface area contributed by atoms with Gasteiger partial charge in [0, 0.05) is 18.0 Å². The Hall–Kier alpha value is -4.14. The number of benzene rings is 1. The van der Waals surface area contributed by atoms with E-state index in [1.165, 1.54) is 12.1 Å². The number of hydrogen-bond acceptors (Lipinski definition) is 7. The number of aromatic nitrogens is 3. The Morgan fingerprint density at radius 2 is 1.91 bits per heavy atom. The normalized spacial score (nSPS) is 12.0. The van der Waals surface area contributed by atoms with Crippen molar-refractivity contribution in [3.63, 3.8) is 0 Å². The van der Waals surface area contributed by atoms with E-state index < -0.39 is 12.0 Å². The number of carbonyl (C=O) groups excluding carboxylic acids is 2. The number of hydrogen-bond donors (Lipinski definition) is 2. The third-order valence-corrected chi connectivity index (χ3v) is 5.50. The van der Waals surface area contributed by atoms with Gasteiger partial charge in [0.05, 0.1) is 23.6 Å². The Balaban J connectivity index is 1.54. The molecular formula is C25H26N4O5. The lowest BCUT2D eigenvalue weighted by molar-refractivity contribution is -0.147. The van der Waals surface area contributed by atoms with Crippen molar-refractivity contribution in [1.29, 1.82) is 0 Å². The van der Waals surface area contributed by atoms with Crippen molar-refractivity contribution in [3.05, 3.63) is 65.7 Å². The second kappa shape index (κ2) is 9.78. The topological polar surface area (TPSA) is 119 Å². The minimum absolute atomic E-state index is 0.0208. The Labute approximate surface area is 196 Å². The van der Waals surface area contributed by atoms with Crippen LogP contribution in [0.25, 0.3) is 22.3 Å². The number of amides is 1. The number of fused-ring (bicyclic) bond motifs is 1. The number of nitrogens with zero attached hydrogens (tertiary/aromatic N) is 3. The smallest absolute Gasteiger partial charge is 0.328 e. The predicted molar refractivity (Wildman–Crippen MR) is 125 cm³/mol. The zero-order valence-electron chi connectivity index (χ0n) is 19.2. The molecule has 0 aliphatic carbocycles. The van der Waals surface area contributed by atoms with Crippen LogP contribution in [0.3, 0.4) is 0 Å². The average molecular weight is 463 g/mol. The van der Waals surface area contributed by atoms with Crippen LogP contribution in [0.1, 0.15) is 23.9 Å². The van der Waals surface area contributed by atoms with Crippen LogP contribution in [-0.4, -0.2) is 44.3 Å². The highest BCUT2D eigenvalue weighted by molar-refractivity contribution is 5.86. The molecule has 0 saturated carbocycles. The zero-order valence-corrected chi connectivity index (χ0v) is 19.2. The first-order chi connectivity index (χ1) is 16.4. The molecule has 3 aromatic heterocycles. The molecule has 3 heterocycles. The van der Waals surface area contributed by atoms with E-state index in [0.29, 0.717) is 17.1 Å². The second-order valence-electron chi connectivity index (χ2n) is 7.99. The molecule has 0 saturated heterocycles. The van der Waals surface area contributed by atoms with Crippen LogP contribution < -0.4 is 5.32 Å². The fourth-order valence-corrected chi connectivity index (χ4v) is 3.87. The van der Waals surface area contributed by atoms with E-state index in [9.17, 15) is 14.7 Å². The van der Waals surface area contributed by atoms with Crippen molar-refractivity contribution >= 4 is 22.9 Å². The lowest BCUT2D eigenvalue weighted by atomic mass is 10.1. The van der Waals surface area contributed by atoms with Crippen LogP contribution in [0, 0.1) is 13.8 Å². The molecule has 0 aliphatic heterocycles. The number of carbonyl (C=O) groups is 2. The first kappa shape index (κ1) is 23.0. The minimum Gasteiger partial charge on any atom is -0.508 e. The van der Waals surface area contributed by atoms with E-state index in [-0.39, 0.29) is 31.2 Å². The third-order valence-electron chi connectivity index (χ3n) is 5.50. The summed E-state index contributed by atoms with van der Waals surface area (Å²) in [6, 6.07) is 11.3. The molecule has 0 spiro atoms. The van der Waals surface area contributed by atoms with Gasteiger partial charge in [-0.3, -0.25) is 4.79 Å². The lowest BCUT2D eigenvalue weighted by Crippen LogP contribution is -2.44. The molecule has 34 heavy (non-hydrogen) atoms. The van der Waals surface area contributed by atoms with Gasteiger partial charge in [0.2, 0.25) is 5.91 Å². The maximum atomic E-state index is 12.9. The Morgan fingerprint density at radius 3 is 2.59 bits per heavy atom. The first-order valence-electron chi connectivity index (χ1n) is 11.0. The molecule has 4 aromatic rings.